The van der Waals surface area contributed by atoms with Gasteiger partial charge in [0, 0.05) is 16.5 Å². The van der Waals surface area contributed by atoms with Gasteiger partial charge in [-0.25, -0.2) is 4.98 Å². The zero-order valence-electron chi connectivity index (χ0n) is 12.2. The molecule has 0 aliphatic carbocycles. The first-order chi connectivity index (χ1) is 10.1. The minimum absolute atomic E-state index is 0.283. The van der Waals surface area contributed by atoms with Gasteiger partial charge in [-0.15, -0.1) is 0 Å². The summed E-state index contributed by atoms with van der Waals surface area (Å²) in [6.07, 6.45) is 1.37. The van der Waals surface area contributed by atoms with Crippen LogP contribution in [-0.2, 0) is 6.54 Å². The second kappa shape index (κ2) is 7.00. The van der Waals surface area contributed by atoms with Gasteiger partial charge in [0.1, 0.15) is 11.2 Å². The van der Waals surface area contributed by atoms with Crippen LogP contribution in [0.5, 0.6) is 0 Å². The van der Waals surface area contributed by atoms with E-state index >= 15 is 0 Å². The number of aromatic nitrogens is 2. The minimum atomic E-state index is 0.283. The lowest BCUT2D eigenvalue weighted by atomic mass is 10.1. The van der Waals surface area contributed by atoms with Crippen LogP contribution in [-0.4, -0.2) is 21.0 Å². The summed E-state index contributed by atoms with van der Waals surface area (Å²) < 4.78 is 2.04. The van der Waals surface area contributed by atoms with Crippen LogP contribution in [0.4, 0.5) is 0 Å². The molecular formula is C15H18ClN3OS. The molecule has 0 aliphatic rings. The monoisotopic (exact) mass is 323 g/mol. The number of hydrogen-bond donors (Lipinski definition) is 1. The molecule has 0 fully saturated rings. The van der Waals surface area contributed by atoms with Crippen LogP contribution in [0.1, 0.15) is 38.2 Å². The fraction of sp³-hybridized carbons (Fsp3) is 0.333. The summed E-state index contributed by atoms with van der Waals surface area (Å²) in [6, 6.07) is 7.75. The molecule has 0 aliphatic heterocycles. The van der Waals surface area contributed by atoms with E-state index in [1.807, 2.05) is 35.8 Å². The average Bonchev–Trinajstić information content (AvgIpc) is 2.77. The molecule has 4 nitrogen and oxygen atoms in total. The van der Waals surface area contributed by atoms with Crippen molar-refractivity contribution < 1.29 is 5.21 Å². The Hall–Kier alpha value is -1.46. The summed E-state index contributed by atoms with van der Waals surface area (Å²) in [7, 11) is 0. The molecular weight excluding hydrogens is 306 g/mol. The number of oxime groups is 1. The van der Waals surface area contributed by atoms with Gasteiger partial charge in [-0.2, -0.15) is 0 Å². The van der Waals surface area contributed by atoms with Crippen LogP contribution in [0, 0.1) is 0 Å². The van der Waals surface area contributed by atoms with E-state index in [1.54, 1.807) is 11.8 Å². The van der Waals surface area contributed by atoms with Gasteiger partial charge in [0.05, 0.1) is 5.69 Å². The van der Waals surface area contributed by atoms with Gasteiger partial charge in [0.2, 0.25) is 0 Å². The molecule has 0 saturated heterocycles. The van der Waals surface area contributed by atoms with E-state index in [0.29, 0.717) is 10.8 Å². The number of nitrogens with zero attached hydrogens (tertiary/aromatic N) is 3. The first-order valence-electron chi connectivity index (χ1n) is 6.78. The van der Waals surface area contributed by atoms with Crippen molar-refractivity contribution in [3.63, 3.8) is 0 Å². The Bertz CT molecular complexity index is 652. The van der Waals surface area contributed by atoms with Gasteiger partial charge in [0.25, 0.3) is 0 Å². The molecule has 6 heteroatoms. The van der Waals surface area contributed by atoms with Gasteiger partial charge in [-0.05, 0) is 31.0 Å². The van der Waals surface area contributed by atoms with Crippen LogP contribution < -0.4 is 0 Å². The molecule has 1 N–H and O–H groups in total. The van der Waals surface area contributed by atoms with E-state index < -0.39 is 0 Å². The SMILES string of the molecule is CCn1c(/C=N/O)nc(C(C)C)c1Sc1cccc(Cl)c1. The Labute approximate surface area is 133 Å². The van der Waals surface area contributed by atoms with Gasteiger partial charge in [-0.3, -0.25) is 0 Å². The van der Waals surface area contributed by atoms with E-state index in [2.05, 4.69) is 24.0 Å². The Morgan fingerprint density at radius 2 is 2.24 bits per heavy atom. The zero-order chi connectivity index (χ0) is 15.4. The van der Waals surface area contributed by atoms with Crippen molar-refractivity contribution in [1.82, 2.24) is 9.55 Å². The predicted molar refractivity (Wildman–Crippen MR) is 86.9 cm³/mol. The summed E-state index contributed by atoms with van der Waals surface area (Å²) in [5, 5.41) is 13.7. The fourth-order valence-corrected chi connectivity index (χ4v) is 3.58. The van der Waals surface area contributed by atoms with Crippen molar-refractivity contribution in [2.45, 2.75) is 43.2 Å². The lowest BCUT2D eigenvalue weighted by molar-refractivity contribution is 0.321. The molecule has 0 radical (unpaired) electrons. The van der Waals surface area contributed by atoms with Crippen molar-refractivity contribution in [2.75, 3.05) is 0 Å². The van der Waals surface area contributed by atoms with E-state index in [-0.39, 0.29) is 5.92 Å². The first kappa shape index (κ1) is 15.9. The summed E-state index contributed by atoms with van der Waals surface area (Å²) in [6.45, 7) is 7.00. The van der Waals surface area contributed by atoms with Crippen LogP contribution >= 0.6 is 23.4 Å². The third kappa shape index (κ3) is 3.60. The quantitative estimate of drug-likeness (QED) is 0.495. The third-order valence-corrected chi connectivity index (χ3v) is 4.37. The highest BCUT2D eigenvalue weighted by molar-refractivity contribution is 7.99. The maximum atomic E-state index is 8.80. The van der Waals surface area contributed by atoms with Crippen molar-refractivity contribution in [3.05, 3.63) is 40.8 Å². The van der Waals surface area contributed by atoms with Gasteiger partial charge in [0.15, 0.2) is 5.82 Å². The molecule has 112 valence electrons. The number of imidazole rings is 1. The molecule has 0 bridgehead atoms. The van der Waals surface area contributed by atoms with Crippen molar-refractivity contribution >= 4 is 29.6 Å². The van der Waals surface area contributed by atoms with Crippen LogP contribution in [0.2, 0.25) is 5.02 Å². The molecule has 2 aromatic rings. The molecule has 2 rings (SSSR count). The fourth-order valence-electron chi connectivity index (χ4n) is 2.06. The largest absolute Gasteiger partial charge is 0.411 e. The van der Waals surface area contributed by atoms with Crippen molar-refractivity contribution in [2.24, 2.45) is 5.16 Å². The standard InChI is InChI=1S/C15H18ClN3OS/c1-4-19-13(9-17-20)18-14(10(2)3)15(19)21-12-7-5-6-11(16)8-12/h5-10,20H,4H2,1-3H3/b17-9+. The van der Waals surface area contributed by atoms with Gasteiger partial charge < -0.3 is 9.77 Å². The van der Waals surface area contributed by atoms with Crippen molar-refractivity contribution in [3.8, 4) is 0 Å². The predicted octanol–water partition coefficient (Wildman–Crippen LogP) is 4.64. The maximum Gasteiger partial charge on any atom is 0.155 e. The molecule has 0 saturated carbocycles. The summed E-state index contributed by atoms with van der Waals surface area (Å²) in [5.41, 5.74) is 0.997. The second-order valence-corrected chi connectivity index (χ2v) is 6.36. The number of hydrogen-bond acceptors (Lipinski definition) is 4. The van der Waals surface area contributed by atoms with Gasteiger partial charge in [-0.1, -0.05) is 48.4 Å². The topological polar surface area (TPSA) is 50.4 Å². The highest BCUT2D eigenvalue weighted by Gasteiger charge is 2.19. The first-order valence-corrected chi connectivity index (χ1v) is 7.97. The normalized spacial score (nSPS) is 11.7. The van der Waals surface area contributed by atoms with Crippen LogP contribution in [0.25, 0.3) is 0 Å². The number of rotatable bonds is 5. The lowest BCUT2D eigenvalue weighted by Gasteiger charge is -2.10. The Morgan fingerprint density at radius 3 is 2.81 bits per heavy atom. The molecule has 0 spiro atoms. The number of halogens is 1. The molecule has 1 aromatic heterocycles. The molecule has 0 atom stereocenters. The average molecular weight is 324 g/mol. The Balaban J connectivity index is 2.49. The minimum Gasteiger partial charge on any atom is -0.411 e. The van der Waals surface area contributed by atoms with E-state index in [4.69, 9.17) is 16.8 Å². The molecule has 1 heterocycles. The zero-order valence-corrected chi connectivity index (χ0v) is 13.8. The molecule has 0 unspecified atom stereocenters. The summed E-state index contributed by atoms with van der Waals surface area (Å²) >= 11 is 7.68. The van der Waals surface area contributed by atoms with E-state index in [9.17, 15) is 0 Å². The number of benzene rings is 1. The highest BCUT2D eigenvalue weighted by Crippen LogP contribution is 2.35. The molecule has 1 aromatic carbocycles. The van der Waals surface area contributed by atoms with Gasteiger partial charge >= 0.3 is 0 Å². The van der Waals surface area contributed by atoms with Crippen molar-refractivity contribution in [1.29, 1.82) is 0 Å². The molecule has 0 amide bonds. The lowest BCUT2D eigenvalue weighted by Crippen LogP contribution is -2.02. The van der Waals surface area contributed by atoms with E-state index in [1.165, 1.54) is 6.21 Å². The van der Waals surface area contributed by atoms with E-state index in [0.717, 1.165) is 22.2 Å². The maximum absolute atomic E-state index is 8.80. The van der Waals surface area contributed by atoms with Crippen LogP contribution in [0.3, 0.4) is 0 Å². The highest BCUT2D eigenvalue weighted by atomic mass is 35.5. The second-order valence-electron chi connectivity index (χ2n) is 4.86. The summed E-state index contributed by atoms with van der Waals surface area (Å²) in [4.78, 5) is 5.65. The third-order valence-electron chi connectivity index (χ3n) is 3.02. The molecule has 21 heavy (non-hydrogen) atoms. The Morgan fingerprint density at radius 1 is 1.48 bits per heavy atom. The van der Waals surface area contributed by atoms with Crippen LogP contribution in [0.15, 0.2) is 39.3 Å². The summed E-state index contributed by atoms with van der Waals surface area (Å²) in [5.74, 6) is 0.943. The Kier molecular flexibility index (Phi) is 5.31. The smallest absolute Gasteiger partial charge is 0.155 e.